The van der Waals surface area contributed by atoms with Crippen LogP contribution in [0.25, 0.3) is 0 Å². The maximum absolute atomic E-state index is 12.7. The maximum atomic E-state index is 12.7. The van der Waals surface area contributed by atoms with E-state index < -0.39 is 5.41 Å². The van der Waals surface area contributed by atoms with Crippen molar-refractivity contribution in [3.63, 3.8) is 0 Å². The van der Waals surface area contributed by atoms with Gasteiger partial charge in [-0.15, -0.1) is 0 Å². The van der Waals surface area contributed by atoms with Crippen molar-refractivity contribution < 1.29 is 9.59 Å². The van der Waals surface area contributed by atoms with Crippen molar-refractivity contribution in [2.45, 2.75) is 46.1 Å². The van der Waals surface area contributed by atoms with Gasteiger partial charge in [-0.3, -0.25) is 9.59 Å². The molecule has 0 aromatic heterocycles. The Morgan fingerprint density at radius 1 is 1.10 bits per heavy atom. The van der Waals surface area contributed by atoms with E-state index in [1.165, 1.54) is 0 Å². The molecule has 1 heterocycles. The van der Waals surface area contributed by atoms with Gasteiger partial charge >= 0.3 is 0 Å². The van der Waals surface area contributed by atoms with Crippen molar-refractivity contribution in [1.29, 1.82) is 0 Å². The van der Waals surface area contributed by atoms with Crippen molar-refractivity contribution in [2.24, 2.45) is 5.41 Å². The molecule has 0 atom stereocenters. The van der Waals surface area contributed by atoms with Gasteiger partial charge in [0.25, 0.3) is 0 Å². The van der Waals surface area contributed by atoms with Gasteiger partial charge in [0.1, 0.15) is 5.41 Å². The Kier molecular flexibility index (Phi) is 4.09. The average Bonchev–Trinajstić information content (AvgIpc) is 3.17. The zero-order valence-electron chi connectivity index (χ0n) is 13.2. The van der Waals surface area contributed by atoms with Crippen LogP contribution in [0.4, 0.5) is 0 Å². The predicted molar refractivity (Wildman–Crippen MR) is 78.3 cm³/mol. The zero-order chi connectivity index (χ0) is 15.0. The van der Waals surface area contributed by atoms with Crippen LogP contribution in [0.2, 0.25) is 0 Å². The SMILES string of the molecule is CCN1CCN(C(=O)C2(C(=O)NC(C)(C)C)CC2)CC1. The molecule has 5 heteroatoms. The Balaban J connectivity index is 1.97. The largest absolute Gasteiger partial charge is 0.351 e. The Labute approximate surface area is 121 Å². The second kappa shape index (κ2) is 5.35. The van der Waals surface area contributed by atoms with E-state index in [0.717, 1.165) is 32.7 Å². The van der Waals surface area contributed by atoms with Gasteiger partial charge < -0.3 is 15.1 Å². The first kappa shape index (κ1) is 15.3. The molecule has 20 heavy (non-hydrogen) atoms. The van der Waals surface area contributed by atoms with Crippen molar-refractivity contribution in [3.05, 3.63) is 0 Å². The summed E-state index contributed by atoms with van der Waals surface area (Å²) in [7, 11) is 0. The minimum Gasteiger partial charge on any atom is -0.351 e. The van der Waals surface area contributed by atoms with E-state index in [-0.39, 0.29) is 17.4 Å². The normalized spacial score (nSPS) is 22.5. The van der Waals surface area contributed by atoms with E-state index in [9.17, 15) is 9.59 Å². The van der Waals surface area contributed by atoms with E-state index in [2.05, 4.69) is 17.1 Å². The number of likely N-dealkylation sites (N-methyl/N-ethyl adjacent to an activating group) is 1. The molecule has 1 saturated heterocycles. The fraction of sp³-hybridized carbons (Fsp3) is 0.867. The molecule has 114 valence electrons. The van der Waals surface area contributed by atoms with Crippen molar-refractivity contribution in [2.75, 3.05) is 32.7 Å². The molecule has 1 saturated carbocycles. The lowest BCUT2D eigenvalue weighted by Gasteiger charge is -2.36. The Morgan fingerprint density at radius 3 is 2.05 bits per heavy atom. The highest BCUT2D eigenvalue weighted by Gasteiger charge is 2.58. The van der Waals surface area contributed by atoms with Crippen LogP contribution in [0.15, 0.2) is 0 Å². The summed E-state index contributed by atoms with van der Waals surface area (Å²) in [6.45, 7) is 12.3. The van der Waals surface area contributed by atoms with Crippen LogP contribution in [0, 0.1) is 5.41 Å². The van der Waals surface area contributed by atoms with Gasteiger partial charge in [0.05, 0.1) is 0 Å². The van der Waals surface area contributed by atoms with Crippen LogP contribution < -0.4 is 5.32 Å². The Morgan fingerprint density at radius 2 is 1.65 bits per heavy atom. The molecular formula is C15H27N3O2. The summed E-state index contributed by atoms with van der Waals surface area (Å²) < 4.78 is 0. The van der Waals surface area contributed by atoms with E-state index in [1.807, 2.05) is 25.7 Å². The lowest BCUT2D eigenvalue weighted by Crippen LogP contribution is -2.54. The van der Waals surface area contributed by atoms with Crippen LogP contribution in [-0.4, -0.2) is 59.9 Å². The monoisotopic (exact) mass is 281 g/mol. The molecule has 0 unspecified atom stereocenters. The molecule has 5 nitrogen and oxygen atoms in total. The third-order valence-electron chi connectivity index (χ3n) is 4.19. The molecule has 0 aromatic rings. The molecule has 2 fully saturated rings. The van der Waals surface area contributed by atoms with Gasteiger partial charge in [-0.1, -0.05) is 6.92 Å². The molecule has 0 spiro atoms. The van der Waals surface area contributed by atoms with Gasteiger partial charge in [0.15, 0.2) is 0 Å². The molecular weight excluding hydrogens is 254 g/mol. The van der Waals surface area contributed by atoms with Crippen molar-refractivity contribution >= 4 is 11.8 Å². The molecule has 1 N–H and O–H groups in total. The van der Waals surface area contributed by atoms with E-state index in [0.29, 0.717) is 12.8 Å². The fourth-order valence-corrected chi connectivity index (χ4v) is 2.69. The number of amides is 2. The van der Waals surface area contributed by atoms with Gasteiger partial charge in [-0.2, -0.15) is 0 Å². The Hall–Kier alpha value is -1.10. The smallest absolute Gasteiger partial charge is 0.238 e. The summed E-state index contributed by atoms with van der Waals surface area (Å²) >= 11 is 0. The number of nitrogens with zero attached hydrogens (tertiary/aromatic N) is 2. The molecule has 2 aliphatic rings. The highest BCUT2D eigenvalue weighted by atomic mass is 16.2. The van der Waals surface area contributed by atoms with Crippen LogP contribution in [0.3, 0.4) is 0 Å². The molecule has 2 rings (SSSR count). The number of hydrogen-bond donors (Lipinski definition) is 1. The van der Waals surface area contributed by atoms with Crippen molar-refractivity contribution in [3.8, 4) is 0 Å². The van der Waals surface area contributed by atoms with E-state index in [4.69, 9.17) is 0 Å². The van der Waals surface area contributed by atoms with Gasteiger partial charge in [-0.25, -0.2) is 0 Å². The molecule has 0 aromatic carbocycles. The maximum Gasteiger partial charge on any atom is 0.238 e. The molecule has 0 bridgehead atoms. The van der Waals surface area contributed by atoms with Crippen molar-refractivity contribution in [1.82, 2.24) is 15.1 Å². The second-order valence-corrected chi connectivity index (χ2v) is 7.01. The topological polar surface area (TPSA) is 52.7 Å². The van der Waals surface area contributed by atoms with Gasteiger partial charge in [-0.05, 0) is 40.2 Å². The van der Waals surface area contributed by atoms with Crippen LogP contribution in [0.1, 0.15) is 40.5 Å². The number of carbonyl (C=O) groups is 2. The zero-order valence-corrected chi connectivity index (χ0v) is 13.2. The average molecular weight is 281 g/mol. The highest BCUT2D eigenvalue weighted by Crippen LogP contribution is 2.48. The summed E-state index contributed by atoms with van der Waals surface area (Å²) in [5.41, 5.74) is -1.05. The molecule has 2 amide bonds. The van der Waals surface area contributed by atoms with E-state index >= 15 is 0 Å². The van der Waals surface area contributed by atoms with Crippen LogP contribution in [-0.2, 0) is 9.59 Å². The first-order chi connectivity index (χ1) is 9.28. The summed E-state index contributed by atoms with van der Waals surface area (Å²) in [6, 6.07) is 0. The first-order valence-electron chi connectivity index (χ1n) is 7.63. The number of piperazine rings is 1. The lowest BCUT2D eigenvalue weighted by atomic mass is 10.0. The quantitative estimate of drug-likeness (QED) is 0.780. The molecule has 0 radical (unpaired) electrons. The molecule has 1 aliphatic heterocycles. The van der Waals surface area contributed by atoms with Gasteiger partial charge in [0.2, 0.25) is 11.8 Å². The summed E-state index contributed by atoms with van der Waals surface area (Å²) in [5.74, 6) is -0.0528. The Bertz CT molecular complexity index is 388. The summed E-state index contributed by atoms with van der Waals surface area (Å²) in [5, 5.41) is 2.97. The second-order valence-electron chi connectivity index (χ2n) is 7.01. The van der Waals surface area contributed by atoms with Gasteiger partial charge in [0, 0.05) is 31.7 Å². The molecule has 1 aliphatic carbocycles. The summed E-state index contributed by atoms with van der Waals surface area (Å²) in [4.78, 5) is 29.2. The third-order valence-corrected chi connectivity index (χ3v) is 4.19. The minimum atomic E-state index is -0.762. The first-order valence-corrected chi connectivity index (χ1v) is 7.63. The fourth-order valence-electron chi connectivity index (χ4n) is 2.69. The third kappa shape index (κ3) is 3.14. The predicted octanol–water partition coefficient (Wildman–Crippen LogP) is 0.845. The van der Waals surface area contributed by atoms with E-state index in [1.54, 1.807) is 0 Å². The number of nitrogens with one attached hydrogen (secondary N) is 1. The van der Waals surface area contributed by atoms with Crippen LogP contribution >= 0.6 is 0 Å². The number of carbonyl (C=O) groups excluding carboxylic acids is 2. The summed E-state index contributed by atoms with van der Waals surface area (Å²) in [6.07, 6.45) is 1.39. The lowest BCUT2D eigenvalue weighted by molar-refractivity contribution is -0.146. The minimum absolute atomic E-state index is 0.0370. The number of hydrogen-bond acceptors (Lipinski definition) is 3. The highest BCUT2D eigenvalue weighted by molar-refractivity contribution is 6.08. The number of rotatable bonds is 3. The van der Waals surface area contributed by atoms with Crippen LogP contribution in [0.5, 0.6) is 0 Å². The standard InChI is InChI=1S/C15H27N3O2/c1-5-17-8-10-18(11-9-17)13(20)15(6-7-15)12(19)16-14(2,3)4/h5-11H2,1-4H3,(H,16,19).